The lowest BCUT2D eigenvalue weighted by Gasteiger charge is -2.31. The van der Waals surface area contributed by atoms with Crippen molar-refractivity contribution in [3.05, 3.63) is 29.6 Å². The van der Waals surface area contributed by atoms with Gasteiger partial charge in [-0.05, 0) is 49.9 Å². The van der Waals surface area contributed by atoms with Crippen LogP contribution < -0.4 is 4.74 Å². The maximum absolute atomic E-state index is 13.1. The van der Waals surface area contributed by atoms with Gasteiger partial charge in [-0.2, -0.15) is 4.31 Å². The normalized spacial score (nSPS) is 17.0. The number of aromatic nitrogens is 3. The molecule has 0 radical (unpaired) electrons. The second kappa shape index (κ2) is 7.45. The molecule has 1 aromatic heterocycles. The number of hydrogen-bond donors (Lipinski definition) is 0. The van der Waals surface area contributed by atoms with Crippen LogP contribution in [0.15, 0.2) is 28.5 Å². The zero-order valence-electron chi connectivity index (χ0n) is 16.3. The van der Waals surface area contributed by atoms with Gasteiger partial charge in [0, 0.05) is 20.1 Å². The van der Waals surface area contributed by atoms with E-state index in [2.05, 4.69) is 10.2 Å². The van der Waals surface area contributed by atoms with Gasteiger partial charge in [0.05, 0.1) is 12.4 Å². The number of hydrogen-bond acceptors (Lipinski definition) is 7. The number of methoxy groups -OCH3 is 1. The van der Waals surface area contributed by atoms with E-state index < -0.39 is 25.1 Å². The smallest absolute Gasteiger partial charge is 0.249 e. The summed E-state index contributed by atoms with van der Waals surface area (Å²) in [7, 11) is -4.46. The summed E-state index contributed by atoms with van der Waals surface area (Å²) in [5, 5.41) is 6.54. The Bertz CT molecular complexity index is 1080. The van der Waals surface area contributed by atoms with Crippen molar-refractivity contribution in [2.75, 3.05) is 20.2 Å². The minimum atomic E-state index is -3.79. The van der Waals surface area contributed by atoms with Crippen LogP contribution in [0, 0.1) is 13.8 Å². The minimum absolute atomic E-state index is 0.0929. The van der Waals surface area contributed by atoms with Gasteiger partial charge >= 0.3 is 0 Å². The third kappa shape index (κ3) is 3.53. The number of ether oxygens (including phenoxy) is 1. The molecule has 0 spiro atoms. The fourth-order valence-corrected chi connectivity index (χ4v) is 6.76. The van der Waals surface area contributed by atoms with Gasteiger partial charge in [-0.1, -0.05) is 0 Å². The van der Waals surface area contributed by atoms with E-state index in [0.717, 1.165) is 11.1 Å². The van der Waals surface area contributed by atoms with Gasteiger partial charge in [-0.15, -0.1) is 10.2 Å². The number of rotatable bonds is 5. The summed E-state index contributed by atoms with van der Waals surface area (Å²) in [5.41, 5.74) is 1.78. The summed E-state index contributed by atoms with van der Waals surface area (Å²) in [6, 6.07) is 3.30. The predicted octanol–water partition coefficient (Wildman–Crippen LogP) is 1.07. The minimum Gasteiger partial charge on any atom is -0.495 e. The van der Waals surface area contributed by atoms with E-state index in [4.69, 9.17) is 4.74 Å². The van der Waals surface area contributed by atoms with Crippen LogP contribution in [0.2, 0.25) is 0 Å². The van der Waals surface area contributed by atoms with E-state index in [9.17, 15) is 16.8 Å². The molecule has 0 bridgehead atoms. The lowest BCUT2D eigenvalue weighted by atomic mass is 10.1. The second-order valence-corrected chi connectivity index (χ2v) is 11.0. The van der Waals surface area contributed by atoms with Crippen LogP contribution in [0.5, 0.6) is 5.75 Å². The van der Waals surface area contributed by atoms with E-state index >= 15 is 0 Å². The third-order valence-corrected chi connectivity index (χ3v) is 9.31. The quantitative estimate of drug-likeness (QED) is 0.700. The van der Waals surface area contributed by atoms with E-state index in [1.165, 1.54) is 22.3 Å². The summed E-state index contributed by atoms with van der Waals surface area (Å²) in [5.74, 6) is 0.289. The largest absolute Gasteiger partial charge is 0.495 e. The van der Waals surface area contributed by atoms with Gasteiger partial charge in [0.1, 0.15) is 17.0 Å². The molecule has 2 heterocycles. The molecular weight excluding hydrogens is 404 g/mol. The molecule has 0 amide bonds. The zero-order valence-corrected chi connectivity index (χ0v) is 17.9. The molecule has 0 N–H and O–H groups in total. The molecule has 154 valence electrons. The molecular formula is C17H24N4O5S2. The first-order chi connectivity index (χ1) is 13.1. The van der Waals surface area contributed by atoms with E-state index in [-0.39, 0.29) is 41.7 Å². The fourth-order valence-electron chi connectivity index (χ4n) is 3.33. The van der Waals surface area contributed by atoms with Crippen LogP contribution in [-0.4, -0.2) is 61.4 Å². The molecule has 1 aliphatic rings. The van der Waals surface area contributed by atoms with E-state index in [1.807, 2.05) is 13.8 Å². The highest BCUT2D eigenvalue weighted by atomic mass is 32.2. The Hall–Kier alpha value is -1.98. The summed E-state index contributed by atoms with van der Waals surface area (Å²) in [4.78, 5) is 0.104. The molecule has 11 heteroatoms. The molecule has 1 aromatic carbocycles. The summed E-state index contributed by atoms with van der Waals surface area (Å²) in [6.45, 7) is 3.95. The predicted molar refractivity (Wildman–Crippen MR) is 102 cm³/mol. The Morgan fingerprint density at radius 3 is 2.21 bits per heavy atom. The van der Waals surface area contributed by atoms with Crippen LogP contribution >= 0.6 is 0 Å². The molecule has 1 aliphatic heterocycles. The molecule has 28 heavy (non-hydrogen) atoms. The number of sulfone groups is 1. The zero-order chi connectivity index (χ0) is 20.7. The second-order valence-electron chi connectivity index (χ2n) is 6.96. The number of nitrogens with zero attached hydrogens (tertiary/aromatic N) is 4. The maximum atomic E-state index is 13.1. The number of piperidine rings is 1. The van der Waals surface area contributed by atoms with Crippen molar-refractivity contribution in [2.45, 2.75) is 42.0 Å². The topological polar surface area (TPSA) is 111 Å². The Morgan fingerprint density at radius 1 is 1.07 bits per heavy atom. The van der Waals surface area contributed by atoms with Crippen molar-refractivity contribution in [3.63, 3.8) is 0 Å². The van der Waals surface area contributed by atoms with Crippen molar-refractivity contribution in [1.82, 2.24) is 19.1 Å². The van der Waals surface area contributed by atoms with E-state index in [0.29, 0.717) is 0 Å². The number of sulfonamides is 1. The Morgan fingerprint density at radius 2 is 1.68 bits per heavy atom. The number of aryl methyl sites for hydroxylation is 3. The molecule has 1 fully saturated rings. The Balaban J connectivity index is 1.83. The monoisotopic (exact) mass is 428 g/mol. The standard InChI is InChI=1S/C17H24N4O5S2/c1-12-9-15(26-4)16(10-13(12)2)28(24,25)21-7-5-14(6-8-21)27(22,23)17-19-18-11-20(17)3/h9-11,14H,5-8H2,1-4H3. The van der Waals surface area contributed by atoms with Gasteiger partial charge in [-0.3, -0.25) is 0 Å². The maximum Gasteiger partial charge on any atom is 0.249 e. The fraction of sp³-hybridized carbons (Fsp3) is 0.529. The van der Waals surface area contributed by atoms with Crippen molar-refractivity contribution >= 4 is 19.9 Å². The average Bonchev–Trinajstić information content (AvgIpc) is 3.10. The highest BCUT2D eigenvalue weighted by Gasteiger charge is 2.38. The SMILES string of the molecule is COc1cc(C)c(C)cc1S(=O)(=O)N1CCC(S(=O)(=O)c2nncn2C)CC1. The lowest BCUT2D eigenvalue weighted by Crippen LogP contribution is -2.42. The van der Waals surface area contributed by atoms with Crippen LogP contribution in [0.25, 0.3) is 0 Å². The van der Waals surface area contributed by atoms with Crippen molar-refractivity contribution in [2.24, 2.45) is 7.05 Å². The lowest BCUT2D eigenvalue weighted by molar-refractivity contribution is 0.341. The highest BCUT2D eigenvalue weighted by molar-refractivity contribution is 7.92. The molecule has 0 unspecified atom stereocenters. The summed E-state index contributed by atoms with van der Waals surface area (Å²) in [6.07, 6.45) is 1.72. The summed E-state index contributed by atoms with van der Waals surface area (Å²) < 4.78 is 59.8. The molecule has 0 saturated carbocycles. The molecule has 3 rings (SSSR count). The van der Waals surface area contributed by atoms with Crippen LogP contribution in [0.3, 0.4) is 0 Å². The molecule has 9 nitrogen and oxygen atoms in total. The van der Waals surface area contributed by atoms with Crippen molar-refractivity contribution in [1.29, 1.82) is 0 Å². The van der Waals surface area contributed by atoms with Crippen LogP contribution in [0.1, 0.15) is 24.0 Å². The van der Waals surface area contributed by atoms with Crippen LogP contribution in [-0.2, 0) is 26.9 Å². The molecule has 2 aromatic rings. The van der Waals surface area contributed by atoms with Crippen molar-refractivity contribution < 1.29 is 21.6 Å². The average molecular weight is 429 g/mol. The first-order valence-electron chi connectivity index (χ1n) is 8.82. The molecule has 0 aliphatic carbocycles. The van der Waals surface area contributed by atoms with Gasteiger partial charge in [-0.25, -0.2) is 16.8 Å². The van der Waals surface area contributed by atoms with Gasteiger partial charge in [0.25, 0.3) is 0 Å². The van der Waals surface area contributed by atoms with Gasteiger partial charge in [0.2, 0.25) is 25.0 Å². The Kier molecular flexibility index (Phi) is 5.52. The molecule has 0 atom stereocenters. The molecule has 1 saturated heterocycles. The van der Waals surface area contributed by atoms with E-state index in [1.54, 1.807) is 19.2 Å². The third-order valence-electron chi connectivity index (χ3n) is 5.16. The van der Waals surface area contributed by atoms with Crippen molar-refractivity contribution in [3.8, 4) is 5.75 Å². The van der Waals surface area contributed by atoms with Gasteiger partial charge in [0.15, 0.2) is 0 Å². The first-order valence-corrected chi connectivity index (χ1v) is 11.8. The van der Waals surface area contributed by atoms with Gasteiger partial charge < -0.3 is 9.30 Å². The Labute approximate surface area is 165 Å². The highest BCUT2D eigenvalue weighted by Crippen LogP contribution is 2.32. The first kappa shape index (κ1) is 20.7. The number of benzene rings is 1. The summed E-state index contributed by atoms with van der Waals surface area (Å²) >= 11 is 0. The van der Waals surface area contributed by atoms with Crippen LogP contribution in [0.4, 0.5) is 0 Å².